The van der Waals surface area contributed by atoms with E-state index < -0.39 is 0 Å². The summed E-state index contributed by atoms with van der Waals surface area (Å²) in [6, 6.07) is 25.1. The largest absolute Gasteiger partial charge is 0.484 e. The summed E-state index contributed by atoms with van der Waals surface area (Å²) < 4.78 is 5.62. The second-order valence-corrected chi connectivity index (χ2v) is 6.89. The number of anilines is 2. The Bertz CT molecular complexity index is 1000. The molecule has 1 aliphatic rings. The van der Waals surface area contributed by atoms with Gasteiger partial charge in [0, 0.05) is 13.0 Å². The van der Waals surface area contributed by atoms with Crippen LogP contribution in [0.15, 0.2) is 78.9 Å². The highest BCUT2D eigenvalue weighted by molar-refractivity contribution is 6.02. The molecule has 0 spiro atoms. The number of benzene rings is 3. The summed E-state index contributed by atoms with van der Waals surface area (Å²) in [7, 11) is 0. The van der Waals surface area contributed by atoms with Crippen LogP contribution in [-0.2, 0) is 9.59 Å². The number of carbonyl (C=O) groups excluding carboxylic acids is 2. The van der Waals surface area contributed by atoms with E-state index >= 15 is 0 Å². The van der Waals surface area contributed by atoms with E-state index in [4.69, 9.17) is 4.74 Å². The molecule has 3 aromatic rings. The number of para-hydroxylation sites is 2. The van der Waals surface area contributed by atoms with Crippen molar-refractivity contribution in [3.8, 4) is 16.9 Å². The fourth-order valence-corrected chi connectivity index (χ4v) is 3.43. The van der Waals surface area contributed by atoms with Crippen LogP contribution in [0.5, 0.6) is 5.75 Å². The first kappa shape index (κ1) is 18.7. The summed E-state index contributed by atoms with van der Waals surface area (Å²) in [4.78, 5) is 26.1. The van der Waals surface area contributed by atoms with Crippen LogP contribution in [0.3, 0.4) is 0 Å². The lowest BCUT2D eigenvalue weighted by Crippen LogP contribution is -2.26. The van der Waals surface area contributed by atoms with Crippen molar-refractivity contribution in [2.24, 2.45) is 0 Å². The molecule has 29 heavy (non-hydrogen) atoms. The van der Waals surface area contributed by atoms with E-state index in [0.29, 0.717) is 24.4 Å². The molecule has 0 bridgehead atoms. The Morgan fingerprint density at radius 2 is 1.59 bits per heavy atom. The van der Waals surface area contributed by atoms with Crippen LogP contribution < -0.4 is 15.0 Å². The van der Waals surface area contributed by atoms with Crippen LogP contribution in [-0.4, -0.2) is 25.0 Å². The Hall–Kier alpha value is -3.60. The molecular weight excluding hydrogens is 364 g/mol. The number of carbonyl (C=O) groups is 2. The maximum absolute atomic E-state index is 12.4. The zero-order valence-corrected chi connectivity index (χ0v) is 16.0. The van der Waals surface area contributed by atoms with Gasteiger partial charge in [-0.3, -0.25) is 9.59 Å². The molecule has 0 aromatic heterocycles. The SMILES string of the molecule is O=C(COc1ccc(-c2ccccc2)cc1)Nc1ccccc1N1CCCC1=O. The lowest BCUT2D eigenvalue weighted by Gasteiger charge is -2.20. The number of rotatable bonds is 6. The monoisotopic (exact) mass is 386 g/mol. The predicted molar refractivity (Wildman–Crippen MR) is 114 cm³/mol. The zero-order valence-electron chi connectivity index (χ0n) is 16.0. The molecule has 4 rings (SSSR count). The minimum Gasteiger partial charge on any atom is -0.484 e. The van der Waals surface area contributed by atoms with Gasteiger partial charge in [-0.2, -0.15) is 0 Å². The zero-order chi connectivity index (χ0) is 20.1. The van der Waals surface area contributed by atoms with Gasteiger partial charge in [0.05, 0.1) is 11.4 Å². The lowest BCUT2D eigenvalue weighted by molar-refractivity contribution is -0.118. The standard InChI is InChI=1S/C24H22N2O3/c27-23(25-21-9-4-5-10-22(21)26-16-6-11-24(26)28)17-29-20-14-12-19(13-15-20)18-7-2-1-3-8-18/h1-5,7-10,12-15H,6,11,16-17H2,(H,25,27). The van der Waals surface area contributed by atoms with Crippen LogP contribution >= 0.6 is 0 Å². The van der Waals surface area contributed by atoms with Crippen LogP contribution in [0, 0.1) is 0 Å². The fourth-order valence-electron chi connectivity index (χ4n) is 3.43. The molecule has 3 aromatic carbocycles. The van der Waals surface area contributed by atoms with Gasteiger partial charge in [0.1, 0.15) is 5.75 Å². The molecule has 0 unspecified atom stereocenters. The highest BCUT2D eigenvalue weighted by atomic mass is 16.5. The van der Waals surface area contributed by atoms with Crippen molar-refractivity contribution in [1.82, 2.24) is 0 Å². The van der Waals surface area contributed by atoms with Crippen molar-refractivity contribution >= 4 is 23.2 Å². The molecule has 2 amide bonds. The summed E-state index contributed by atoms with van der Waals surface area (Å²) in [6.45, 7) is 0.572. The van der Waals surface area contributed by atoms with E-state index in [1.54, 1.807) is 11.0 Å². The quantitative estimate of drug-likeness (QED) is 0.679. The normalized spacial score (nSPS) is 13.4. The molecule has 1 fully saturated rings. The second kappa shape index (κ2) is 8.61. The Balaban J connectivity index is 1.37. The third kappa shape index (κ3) is 4.46. The summed E-state index contributed by atoms with van der Waals surface area (Å²) in [5, 5.41) is 2.86. The van der Waals surface area contributed by atoms with E-state index in [2.05, 4.69) is 5.32 Å². The first-order valence-corrected chi connectivity index (χ1v) is 9.68. The molecule has 146 valence electrons. The highest BCUT2D eigenvalue weighted by Gasteiger charge is 2.24. The Morgan fingerprint density at radius 1 is 0.897 bits per heavy atom. The van der Waals surface area contributed by atoms with Gasteiger partial charge < -0.3 is 15.0 Å². The Labute approximate surface area is 169 Å². The van der Waals surface area contributed by atoms with Gasteiger partial charge in [0.25, 0.3) is 5.91 Å². The third-order valence-electron chi connectivity index (χ3n) is 4.87. The molecule has 5 nitrogen and oxygen atoms in total. The minimum absolute atomic E-state index is 0.0847. The first-order chi connectivity index (χ1) is 14.2. The predicted octanol–water partition coefficient (Wildman–Crippen LogP) is 4.50. The first-order valence-electron chi connectivity index (χ1n) is 9.68. The number of amides is 2. The van der Waals surface area contributed by atoms with Crippen molar-refractivity contribution in [3.63, 3.8) is 0 Å². The highest BCUT2D eigenvalue weighted by Crippen LogP contribution is 2.29. The molecule has 1 N–H and O–H groups in total. The molecule has 0 radical (unpaired) electrons. The van der Waals surface area contributed by atoms with E-state index in [-0.39, 0.29) is 18.4 Å². The van der Waals surface area contributed by atoms with Gasteiger partial charge in [-0.15, -0.1) is 0 Å². The van der Waals surface area contributed by atoms with Gasteiger partial charge in [-0.1, -0.05) is 54.6 Å². The number of hydrogen-bond acceptors (Lipinski definition) is 3. The lowest BCUT2D eigenvalue weighted by atomic mass is 10.1. The fraction of sp³-hybridized carbons (Fsp3) is 0.167. The van der Waals surface area contributed by atoms with E-state index in [0.717, 1.165) is 23.2 Å². The maximum atomic E-state index is 12.4. The number of ether oxygens (including phenoxy) is 1. The molecule has 1 saturated heterocycles. The average molecular weight is 386 g/mol. The van der Waals surface area contributed by atoms with Crippen LogP contribution in [0.2, 0.25) is 0 Å². The van der Waals surface area contributed by atoms with Crippen LogP contribution in [0.1, 0.15) is 12.8 Å². The van der Waals surface area contributed by atoms with Gasteiger partial charge in [0.2, 0.25) is 5.91 Å². The van der Waals surface area contributed by atoms with Crippen LogP contribution in [0.25, 0.3) is 11.1 Å². The van der Waals surface area contributed by atoms with Gasteiger partial charge in [0.15, 0.2) is 6.61 Å². The topological polar surface area (TPSA) is 58.6 Å². The third-order valence-corrected chi connectivity index (χ3v) is 4.87. The minimum atomic E-state index is -0.267. The van der Waals surface area contributed by atoms with E-state index in [9.17, 15) is 9.59 Å². The van der Waals surface area contributed by atoms with Crippen molar-refractivity contribution < 1.29 is 14.3 Å². The molecule has 0 saturated carbocycles. The second-order valence-electron chi connectivity index (χ2n) is 6.89. The number of nitrogens with zero attached hydrogens (tertiary/aromatic N) is 1. The molecule has 1 aliphatic heterocycles. The Kier molecular flexibility index (Phi) is 5.56. The summed E-state index contributed by atoms with van der Waals surface area (Å²) in [5.74, 6) is 0.445. The maximum Gasteiger partial charge on any atom is 0.262 e. The summed E-state index contributed by atoms with van der Waals surface area (Å²) in [6.07, 6.45) is 1.38. The average Bonchev–Trinajstić information content (AvgIpc) is 3.19. The summed E-state index contributed by atoms with van der Waals surface area (Å²) in [5.41, 5.74) is 3.57. The van der Waals surface area contributed by atoms with Crippen molar-refractivity contribution in [3.05, 3.63) is 78.9 Å². The Morgan fingerprint density at radius 3 is 2.31 bits per heavy atom. The van der Waals surface area contributed by atoms with E-state index in [1.165, 1.54) is 0 Å². The number of hydrogen-bond donors (Lipinski definition) is 1. The molecule has 1 heterocycles. The van der Waals surface area contributed by atoms with Crippen molar-refractivity contribution in [1.29, 1.82) is 0 Å². The van der Waals surface area contributed by atoms with Gasteiger partial charge in [-0.25, -0.2) is 0 Å². The van der Waals surface area contributed by atoms with Gasteiger partial charge >= 0.3 is 0 Å². The smallest absolute Gasteiger partial charge is 0.262 e. The van der Waals surface area contributed by atoms with Crippen LogP contribution in [0.4, 0.5) is 11.4 Å². The molecule has 0 atom stereocenters. The van der Waals surface area contributed by atoms with Gasteiger partial charge in [-0.05, 0) is 41.8 Å². The molecule has 5 heteroatoms. The number of nitrogens with one attached hydrogen (secondary N) is 1. The van der Waals surface area contributed by atoms with E-state index in [1.807, 2.05) is 72.8 Å². The molecule has 0 aliphatic carbocycles. The van der Waals surface area contributed by atoms with Crippen molar-refractivity contribution in [2.75, 3.05) is 23.4 Å². The van der Waals surface area contributed by atoms with Crippen molar-refractivity contribution in [2.45, 2.75) is 12.8 Å². The summed E-state index contributed by atoms with van der Waals surface area (Å²) >= 11 is 0. The molecular formula is C24H22N2O3.